The van der Waals surface area contributed by atoms with E-state index in [1.165, 1.54) is 0 Å². The molecule has 0 aliphatic heterocycles. The van der Waals surface area contributed by atoms with Crippen LogP contribution in [0.1, 0.15) is 0 Å². The van der Waals surface area contributed by atoms with Crippen molar-refractivity contribution in [3.8, 4) is 0 Å². The standard InChI is InChI=1S/C4H6N2O2.C3H4O2/c5-3(7)1-2-4(6)8;1-2-3(4)5/h1-2H,(H2,5,7)(H2,6,8);2H,1H2,(H,4,5)/b2-1-;. The van der Waals surface area contributed by atoms with Crippen LogP contribution in [0.15, 0.2) is 24.8 Å². The van der Waals surface area contributed by atoms with E-state index >= 15 is 0 Å². The topological polar surface area (TPSA) is 123 Å². The lowest BCUT2D eigenvalue weighted by molar-refractivity contribution is -0.131. The van der Waals surface area contributed by atoms with E-state index in [0.29, 0.717) is 0 Å². The summed E-state index contributed by atoms with van der Waals surface area (Å²) in [5.74, 6) is -2.34. The lowest BCUT2D eigenvalue weighted by Crippen LogP contribution is -2.10. The van der Waals surface area contributed by atoms with E-state index in [-0.39, 0.29) is 0 Å². The third-order valence-electron chi connectivity index (χ3n) is 0.586. The first-order valence-corrected chi connectivity index (χ1v) is 3.02. The van der Waals surface area contributed by atoms with Crippen molar-refractivity contribution >= 4 is 17.8 Å². The summed E-state index contributed by atoms with van der Waals surface area (Å²) >= 11 is 0. The molecule has 0 aromatic carbocycles. The summed E-state index contributed by atoms with van der Waals surface area (Å²) in [5, 5.41) is 7.60. The van der Waals surface area contributed by atoms with Gasteiger partial charge >= 0.3 is 5.97 Å². The van der Waals surface area contributed by atoms with Crippen molar-refractivity contribution in [1.29, 1.82) is 0 Å². The quantitative estimate of drug-likeness (QED) is 0.477. The van der Waals surface area contributed by atoms with E-state index in [1.54, 1.807) is 0 Å². The fourth-order valence-electron chi connectivity index (χ4n) is 0.164. The number of nitrogens with two attached hydrogens (primary N) is 2. The van der Waals surface area contributed by atoms with E-state index in [0.717, 1.165) is 18.2 Å². The fourth-order valence-corrected chi connectivity index (χ4v) is 0.164. The van der Waals surface area contributed by atoms with Gasteiger partial charge in [0.1, 0.15) is 0 Å². The SMILES string of the molecule is C=CC(=O)O.NC(=O)/C=C\C(N)=O. The normalized spacial score (nSPS) is 8.31. The Morgan fingerprint density at radius 3 is 1.38 bits per heavy atom. The number of rotatable bonds is 3. The molecule has 6 nitrogen and oxygen atoms in total. The highest BCUT2D eigenvalue weighted by Gasteiger charge is 1.83. The van der Waals surface area contributed by atoms with Crippen molar-refractivity contribution < 1.29 is 19.5 Å². The van der Waals surface area contributed by atoms with E-state index in [2.05, 4.69) is 18.0 Å². The van der Waals surface area contributed by atoms with Crippen LogP contribution in [0.4, 0.5) is 0 Å². The highest BCUT2D eigenvalue weighted by atomic mass is 16.4. The van der Waals surface area contributed by atoms with Crippen molar-refractivity contribution in [3.05, 3.63) is 24.8 Å². The van der Waals surface area contributed by atoms with Crippen LogP contribution in [0, 0.1) is 0 Å². The van der Waals surface area contributed by atoms with Gasteiger partial charge in [-0.15, -0.1) is 0 Å². The Bertz CT molecular complexity index is 229. The average Bonchev–Trinajstić information content (AvgIpc) is 2.02. The molecule has 5 N–H and O–H groups in total. The summed E-state index contributed by atoms with van der Waals surface area (Å²) in [7, 11) is 0. The molecule has 0 atom stereocenters. The number of aliphatic carboxylic acids is 1. The molecule has 6 heteroatoms. The Hall–Kier alpha value is -2.11. The zero-order valence-corrected chi connectivity index (χ0v) is 6.77. The van der Waals surface area contributed by atoms with E-state index < -0.39 is 17.8 Å². The first kappa shape index (κ1) is 13.5. The van der Waals surface area contributed by atoms with Crippen LogP contribution < -0.4 is 11.5 Å². The molecule has 72 valence electrons. The Labute approximate surface area is 74.5 Å². The number of carbonyl (C=O) groups is 3. The minimum Gasteiger partial charge on any atom is -0.478 e. The van der Waals surface area contributed by atoms with Gasteiger partial charge in [-0.25, -0.2) is 4.79 Å². The van der Waals surface area contributed by atoms with Crippen LogP contribution in [0.25, 0.3) is 0 Å². The number of primary amides is 2. The molecule has 0 fully saturated rings. The van der Waals surface area contributed by atoms with E-state index in [4.69, 9.17) is 5.11 Å². The number of carbonyl (C=O) groups excluding carboxylic acids is 2. The number of amides is 2. The molecule has 0 radical (unpaired) electrons. The van der Waals surface area contributed by atoms with Crippen LogP contribution in [-0.4, -0.2) is 22.9 Å². The van der Waals surface area contributed by atoms with Gasteiger partial charge in [0.05, 0.1) is 0 Å². The molecule has 0 aromatic rings. The number of carboxylic acids is 1. The molecular formula is C7H10N2O4. The van der Waals surface area contributed by atoms with Crippen molar-refractivity contribution in [1.82, 2.24) is 0 Å². The maximum atomic E-state index is 9.83. The summed E-state index contributed by atoms with van der Waals surface area (Å²) in [4.78, 5) is 28.9. The minimum absolute atomic E-state index is 0.677. The van der Waals surface area contributed by atoms with Crippen molar-refractivity contribution in [2.45, 2.75) is 0 Å². The van der Waals surface area contributed by atoms with Gasteiger partial charge in [0.25, 0.3) is 0 Å². The molecular weight excluding hydrogens is 176 g/mol. The molecule has 0 heterocycles. The van der Waals surface area contributed by atoms with Crippen molar-refractivity contribution in [2.24, 2.45) is 11.5 Å². The van der Waals surface area contributed by atoms with Crippen LogP contribution in [0.3, 0.4) is 0 Å². The summed E-state index contributed by atoms with van der Waals surface area (Å²) in [6, 6.07) is 0. The molecule has 13 heavy (non-hydrogen) atoms. The molecule has 0 aliphatic carbocycles. The third kappa shape index (κ3) is 25.7. The Morgan fingerprint density at radius 2 is 1.31 bits per heavy atom. The summed E-state index contributed by atoms with van der Waals surface area (Å²) in [6.07, 6.45) is 2.64. The predicted molar refractivity (Wildman–Crippen MR) is 45.4 cm³/mol. The fraction of sp³-hybridized carbons (Fsp3) is 0. The van der Waals surface area contributed by atoms with E-state index in [9.17, 15) is 14.4 Å². The molecule has 0 spiro atoms. The third-order valence-corrected chi connectivity index (χ3v) is 0.586. The molecule has 0 rings (SSSR count). The summed E-state index contributed by atoms with van der Waals surface area (Å²) in [6.45, 7) is 2.96. The zero-order chi connectivity index (χ0) is 10.9. The van der Waals surface area contributed by atoms with Crippen molar-refractivity contribution in [3.63, 3.8) is 0 Å². The molecule has 0 saturated carbocycles. The first-order valence-electron chi connectivity index (χ1n) is 3.02. The van der Waals surface area contributed by atoms with Gasteiger partial charge in [0.15, 0.2) is 0 Å². The van der Waals surface area contributed by atoms with Crippen LogP contribution in [-0.2, 0) is 14.4 Å². The Kier molecular flexibility index (Phi) is 8.28. The van der Waals surface area contributed by atoms with Gasteiger partial charge in [-0.1, -0.05) is 6.58 Å². The second kappa shape index (κ2) is 7.99. The second-order valence-electron chi connectivity index (χ2n) is 1.68. The first-order chi connectivity index (χ1) is 5.90. The van der Waals surface area contributed by atoms with Gasteiger partial charge in [0.2, 0.25) is 11.8 Å². The Balaban J connectivity index is 0. The smallest absolute Gasteiger partial charge is 0.327 e. The lowest BCUT2D eigenvalue weighted by Gasteiger charge is -1.76. The number of hydrogen-bond acceptors (Lipinski definition) is 3. The summed E-state index contributed by atoms with van der Waals surface area (Å²) < 4.78 is 0. The lowest BCUT2D eigenvalue weighted by atomic mass is 10.5. The molecule has 0 saturated heterocycles. The molecule has 0 aromatic heterocycles. The van der Waals surface area contributed by atoms with Crippen LogP contribution >= 0.6 is 0 Å². The van der Waals surface area contributed by atoms with Gasteiger partial charge in [-0.05, 0) is 0 Å². The number of carboxylic acid groups (broad SMARTS) is 1. The van der Waals surface area contributed by atoms with Gasteiger partial charge in [0, 0.05) is 18.2 Å². The van der Waals surface area contributed by atoms with Crippen LogP contribution in [0.2, 0.25) is 0 Å². The van der Waals surface area contributed by atoms with Gasteiger partial charge in [-0.3, -0.25) is 9.59 Å². The van der Waals surface area contributed by atoms with Gasteiger partial charge in [-0.2, -0.15) is 0 Å². The highest BCUT2D eigenvalue weighted by Crippen LogP contribution is 1.65. The highest BCUT2D eigenvalue weighted by molar-refractivity contribution is 5.95. The maximum Gasteiger partial charge on any atom is 0.327 e. The molecule has 0 aliphatic rings. The largest absolute Gasteiger partial charge is 0.478 e. The van der Waals surface area contributed by atoms with E-state index in [1.807, 2.05) is 0 Å². The Morgan fingerprint density at radius 1 is 1.08 bits per heavy atom. The minimum atomic E-state index is -0.981. The van der Waals surface area contributed by atoms with Crippen molar-refractivity contribution in [2.75, 3.05) is 0 Å². The predicted octanol–water partition coefficient (Wildman–Crippen LogP) is -1.23. The summed E-state index contributed by atoms with van der Waals surface area (Å²) in [5.41, 5.74) is 9.21. The molecule has 2 amide bonds. The average molecular weight is 186 g/mol. The molecule has 0 bridgehead atoms. The monoisotopic (exact) mass is 186 g/mol. The van der Waals surface area contributed by atoms with Gasteiger partial charge < -0.3 is 16.6 Å². The second-order valence-corrected chi connectivity index (χ2v) is 1.68. The zero-order valence-electron chi connectivity index (χ0n) is 6.77. The molecule has 0 unspecified atom stereocenters. The van der Waals surface area contributed by atoms with Crippen LogP contribution in [0.5, 0.6) is 0 Å². The maximum absolute atomic E-state index is 9.83. The number of hydrogen-bond donors (Lipinski definition) is 3.